The maximum absolute atomic E-state index is 12.4. The Labute approximate surface area is 169 Å². The fourth-order valence-electron chi connectivity index (χ4n) is 2.90. The Morgan fingerprint density at radius 2 is 1.90 bits per heavy atom. The van der Waals surface area contributed by atoms with E-state index in [2.05, 4.69) is 29.0 Å². The van der Waals surface area contributed by atoms with Crippen LogP contribution in [0.1, 0.15) is 42.6 Å². The first kappa shape index (κ1) is 22.4. The number of hydrogen-bond acceptors (Lipinski definition) is 6. The van der Waals surface area contributed by atoms with Crippen molar-refractivity contribution in [2.45, 2.75) is 43.9 Å². The maximum Gasteiger partial charge on any atom is 0.267 e. The number of aliphatic hydroxyl groups is 2. The van der Waals surface area contributed by atoms with Crippen LogP contribution in [0.2, 0.25) is 0 Å². The number of nitrogens with one attached hydrogen (secondary N) is 2. The monoisotopic (exact) mass is 399 g/mol. The Kier molecular flexibility index (Phi) is 7.02. The lowest BCUT2D eigenvalue weighted by atomic mass is 9.72. The molecule has 1 aromatic rings. The van der Waals surface area contributed by atoms with Gasteiger partial charge in [0.15, 0.2) is 0 Å². The Morgan fingerprint density at radius 3 is 2.41 bits per heavy atom. The van der Waals surface area contributed by atoms with Crippen LogP contribution in [-0.2, 0) is 4.79 Å². The first-order valence-corrected chi connectivity index (χ1v) is 9.06. The summed E-state index contributed by atoms with van der Waals surface area (Å²) in [5.74, 6) is 9.94. The zero-order valence-electron chi connectivity index (χ0n) is 16.3. The molecule has 0 unspecified atom stereocenters. The highest BCUT2D eigenvalue weighted by molar-refractivity contribution is 5.97. The molecule has 0 radical (unpaired) electrons. The highest BCUT2D eigenvalue weighted by atomic mass is 16.5. The lowest BCUT2D eigenvalue weighted by Gasteiger charge is -2.39. The molecule has 1 atom stereocenters. The smallest absolute Gasteiger partial charge is 0.267 e. The van der Waals surface area contributed by atoms with Crippen LogP contribution in [-0.4, -0.2) is 51.0 Å². The van der Waals surface area contributed by atoms with E-state index < -0.39 is 29.0 Å². The molecule has 2 amide bonds. The van der Waals surface area contributed by atoms with Gasteiger partial charge < -0.3 is 21.3 Å². The number of benzene rings is 1. The molecular formula is C21H25N3O5. The number of carbonyl (C=O) groups is 2. The highest BCUT2D eigenvalue weighted by Crippen LogP contribution is 2.36. The van der Waals surface area contributed by atoms with Crippen molar-refractivity contribution < 1.29 is 25.0 Å². The molecule has 154 valence electrons. The maximum atomic E-state index is 12.4. The summed E-state index contributed by atoms with van der Waals surface area (Å²) >= 11 is 0. The number of hydroxylamine groups is 1. The minimum atomic E-state index is -1.12. The molecule has 1 aromatic carbocycles. The molecule has 0 bridgehead atoms. The van der Waals surface area contributed by atoms with E-state index in [1.807, 2.05) is 0 Å². The van der Waals surface area contributed by atoms with Crippen LogP contribution in [0.3, 0.4) is 0 Å². The largest absolute Gasteiger partial charge is 0.393 e. The van der Waals surface area contributed by atoms with Crippen molar-refractivity contribution in [3.8, 4) is 23.7 Å². The van der Waals surface area contributed by atoms with Crippen LogP contribution >= 0.6 is 0 Å². The Morgan fingerprint density at radius 1 is 1.28 bits per heavy atom. The number of hydrogen-bond donors (Lipinski definition) is 6. The zero-order chi connectivity index (χ0) is 21.7. The molecule has 8 nitrogen and oxygen atoms in total. The Hall–Kier alpha value is -2.88. The number of carbonyl (C=O) groups excluding carboxylic acids is 2. The first-order valence-electron chi connectivity index (χ1n) is 9.06. The van der Waals surface area contributed by atoms with Crippen molar-refractivity contribution in [2.75, 3.05) is 6.61 Å². The van der Waals surface area contributed by atoms with Crippen LogP contribution in [0.5, 0.6) is 0 Å². The molecule has 29 heavy (non-hydrogen) atoms. The lowest BCUT2D eigenvalue weighted by Crippen LogP contribution is -2.61. The van der Waals surface area contributed by atoms with Gasteiger partial charge in [-0.25, -0.2) is 5.48 Å². The van der Waals surface area contributed by atoms with Crippen LogP contribution < -0.4 is 16.5 Å². The van der Waals surface area contributed by atoms with Crippen LogP contribution in [0.4, 0.5) is 0 Å². The molecule has 0 aliphatic heterocycles. The fourth-order valence-corrected chi connectivity index (χ4v) is 2.90. The van der Waals surface area contributed by atoms with Gasteiger partial charge in [-0.15, -0.1) is 0 Å². The van der Waals surface area contributed by atoms with Gasteiger partial charge in [0.05, 0.1) is 12.2 Å². The van der Waals surface area contributed by atoms with Crippen molar-refractivity contribution in [1.29, 1.82) is 0 Å². The van der Waals surface area contributed by atoms with Crippen molar-refractivity contribution in [2.24, 2.45) is 11.7 Å². The van der Waals surface area contributed by atoms with Gasteiger partial charge in [0, 0.05) is 22.6 Å². The van der Waals surface area contributed by atoms with Gasteiger partial charge >= 0.3 is 0 Å². The van der Waals surface area contributed by atoms with Gasteiger partial charge in [0.25, 0.3) is 11.8 Å². The topological polar surface area (TPSA) is 145 Å². The van der Waals surface area contributed by atoms with Crippen LogP contribution in [0, 0.1) is 29.6 Å². The second-order valence-corrected chi connectivity index (χ2v) is 7.79. The predicted molar refractivity (Wildman–Crippen MR) is 105 cm³/mol. The molecule has 8 heteroatoms. The standard InChI is InChI=1S/C21H25N3O5/c1-20(2,22)17(19(27)24-29)23-18(26)16-9-7-14(8-10-16)5-3-4-6-15-11-21(28,12-15)13-25/h7-10,15,17,25,28-29H,11-13,22H2,1-2H3,(H,23,26)(H,24,27)/t15-,17-,21-/m1/s1. The quantitative estimate of drug-likeness (QED) is 0.224. The lowest BCUT2D eigenvalue weighted by molar-refractivity contribution is -0.132. The summed E-state index contributed by atoms with van der Waals surface area (Å²) in [7, 11) is 0. The summed E-state index contributed by atoms with van der Waals surface area (Å²) in [4.78, 5) is 24.1. The minimum absolute atomic E-state index is 0.0309. The molecule has 1 saturated carbocycles. The summed E-state index contributed by atoms with van der Waals surface area (Å²) in [6, 6.07) is 5.28. The van der Waals surface area contributed by atoms with E-state index in [0.717, 1.165) is 0 Å². The minimum Gasteiger partial charge on any atom is -0.393 e. The number of amides is 2. The summed E-state index contributed by atoms with van der Waals surface area (Å²) in [5, 5.41) is 30.0. The highest BCUT2D eigenvalue weighted by Gasteiger charge is 2.41. The van der Waals surface area contributed by atoms with Crippen molar-refractivity contribution in [1.82, 2.24) is 10.8 Å². The van der Waals surface area contributed by atoms with E-state index in [-0.39, 0.29) is 12.5 Å². The molecule has 1 fully saturated rings. The average Bonchev–Trinajstić information content (AvgIpc) is 2.66. The van der Waals surface area contributed by atoms with E-state index in [1.165, 1.54) is 5.48 Å². The first-order chi connectivity index (χ1) is 13.6. The third-order valence-corrected chi connectivity index (χ3v) is 4.63. The number of nitrogens with two attached hydrogens (primary N) is 1. The number of rotatable bonds is 5. The molecule has 0 spiro atoms. The summed E-state index contributed by atoms with van der Waals surface area (Å²) in [6.45, 7) is 2.85. The molecule has 1 aliphatic rings. The van der Waals surface area contributed by atoms with Gasteiger partial charge in [-0.1, -0.05) is 11.8 Å². The molecule has 0 heterocycles. The zero-order valence-corrected chi connectivity index (χ0v) is 16.3. The molecule has 0 aromatic heterocycles. The summed E-state index contributed by atoms with van der Waals surface area (Å²) < 4.78 is 0. The Bertz CT molecular complexity index is 875. The van der Waals surface area contributed by atoms with Gasteiger partial charge in [-0.05, 0) is 62.8 Å². The second kappa shape index (κ2) is 9.08. The third kappa shape index (κ3) is 6.05. The molecule has 7 N–H and O–H groups in total. The van der Waals surface area contributed by atoms with Gasteiger partial charge in [0.2, 0.25) is 0 Å². The Balaban J connectivity index is 1.97. The molecule has 2 rings (SSSR count). The van der Waals surface area contributed by atoms with Crippen LogP contribution in [0.15, 0.2) is 24.3 Å². The van der Waals surface area contributed by atoms with E-state index in [1.54, 1.807) is 38.1 Å². The van der Waals surface area contributed by atoms with Crippen LogP contribution in [0.25, 0.3) is 0 Å². The van der Waals surface area contributed by atoms with E-state index in [9.17, 15) is 14.7 Å². The van der Waals surface area contributed by atoms with Crippen molar-refractivity contribution >= 4 is 11.8 Å². The number of aliphatic hydroxyl groups excluding tert-OH is 1. The van der Waals surface area contributed by atoms with Crippen molar-refractivity contribution in [3.05, 3.63) is 35.4 Å². The van der Waals surface area contributed by atoms with E-state index in [0.29, 0.717) is 24.0 Å². The average molecular weight is 399 g/mol. The third-order valence-electron chi connectivity index (χ3n) is 4.63. The van der Waals surface area contributed by atoms with Gasteiger partial charge in [-0.2, -0.15) is 0 Å². The summed E-state index contributed by atoms with van der Waals surface area (Å²) in [6.07, 6.45) is 0.883. The van der Waals surface area contributed by atoms with E-state index in [4.69, 9.17) is 16.0 Å². The van der Waals surface area contributed by atoms with Gasteiger partial charge in [-0.3, -0.25) is 14.8 Å². The second-order valence-electron chi connectivity index (χ2n) is 7.79. The summed E-state index contributed by atoms with van der Waals surface area (Å²) in [5.41, 5.74) is 6.26. The fraction of sp³-hybridized carbons (Fsp3) is 0.429. The normalized spacial score (nSPS) is 21.4. The predicted octanol–water partition coefficient (Wildman–Crippen LogP) is -0.484. The van der Waals surface area contributed by atoms with Gasteiger partial charge in [0.1, 0.15) is 6.04 Å². The molecular weight excluding hydrogens is 374 g/mol. The molecule has 0 saturated heterocycles. The molecule has 1 aliphatic carbocycles. The van der Waals surface area contributed by atoms with E-state index >= 15 is 0 Å². The van der Waals surface area contributed by atoms with Crippen molar-refractivity contribution in [3.63, 3.8) is 0 Å². The SMILES string of the molecule is CC(C)(N)[C@H](NC(=O)c1ccc(C#CC#C[C@H]2C[C@@](O)(CO)C2)cc1)C(=O)NO.